The summed E-state index contributed by atoms with van der Waals surface area (Å²) in [6.45, 7) is 1.99. The summed E-state index contributed by atoms with van der Waals surface area (Å²) in [7, 11) is 0. The molecule has 0 saturated heterocycles. The Kier molecular flexibility index (Phi) is 3.46. The molecule has 0 fully saturated rings. The van der Waals surface area contributed by atoms with Gasteiger partial charge in [-0.25, -0.2) is 14.5 Å². The van der Waals surface area contributed by atoms with E-state index in [4.69, 9.17) is 4.98 Å². The van der Waals surface area contributed by atoms with Crippen molar-refractivity contribution in [1.29, 1.82) is 0 Å². The number of thiazole rings is 1. The lowest BCUT2D eigenvalue weighted by Gasteiger charge is -2.00. The van der Waals surface area contributed by atoms with Gasteiger partial charge in [0.1, 0.15) is 10.7 Å². The van der Waals surface area contributed by atoms with Crippen molar-refractivity contribution in [2.45, 2.75) is 13.3 Å². The maximum atomic E-state index is 4.96. The largest absolute Gasteiger partial charge is 0.234 e. The van der Waals surface area contributed by atoms with Crippen molar-refractivity contribution in [2.24, 2.45) is 10.2 Å². The number of hydrogen-bond acceptors (Lipinski definition) is 6. The minimum atomic E-state index is 0.728. The molecule has 0 aliphatic carbocycles. The van der Waals surface area contributed by atoms with E-state index in [2.05, 4.69) is 32.4 Å². The zero-order chi connectivity index (χ0) is 17.5. The van der Waals surface area contributed by atoms with Crippen molar-refractivity contribution in [3.05, 3.63) is 59.2 Å². The summed E-state index contributed by atoms with van der Waals surface area (Å²) in [5.74, 6) is 0. The molecular weight excluding hydrogens is 344 g/mol. The molecule has 3 aromatic heterocycles. The number of aromatic nitrogens is 4. The molecule has 1 aliphatic heterocycles. The lowest BCUT2D eigenvalue weighted by Crippen LogP contribution is -1.97. The van der Waals surface area contributed by atoms with Crippen molar-refractivity contribution in [3.63, 3.8) is 0 Å². The fraction of sp³-hybridized carbons (Fsp3) is 0.105. The molecule has 26 heavy (non-hydrogen) atoms. The van der Waals surface area contributed by atoms with E-state index in [-0.39, 0.29) is 0 Å². The summed E-state index contributed by atoms with van der Waals surface area (Å²) in [5, 5.41) is 13.7. The third-order valence-electron chi connectivity index (χ3n) is 4.25. The molecule has 6 nitrogen and oxygen atoms in total. The predicted molar refractivity (Wildman–Crippen MR) is 104 cm³/mol. The van der Waals surface area contributed by atoms with Crippen LogP contribution in [0.3, 0.4) is 0 Å². The van der Waals surface area contributed by atoms with Gasteiger partial charge in [-0.1, -0.05) is 30.3 Å². The highest BCUT2D eigenvalue weighted by Crippen LogP contribution is 2.36. The molecule has 0 N–H and O–H groups in total. The van der Waals surface area contributed by atoms with Gasteiger partial charge >= 0.3 is 0 Å². The summed E-state index contributed by atoms with van der Waals surface area (Å²) < 4.78 is 1.85. The Morgan fingerprint density at radius 2 is 1.92 bits per heavy atom. The number of imidazole rings is 1. The molecule has 1 aromatic carbocycles. The molecule has 4 heterocycles. The molecule has 1 aliphatic rings. The topological polar surface area (TPSA) is 67.8 Å². The first-order valence-electron chi connectivity index (χ1n) is 8.27. The third kappa shape index (κ3) is 2.36. The number of aryl methyl sites for hydroxylation is 1. The standard InChI is InChI=1S/C19H14N6S/c1-12-17(25-15(22-12)8-5-10-21-25)19-23-16(13-6-3-2-4-7-13)18(26-19)14-9-11-20-24-14/h2-8,10-11H,9H2,1H3. The van der Waals surface area contributed by atoms with E-state index >= 15 is 0 Å². The molecule has 7 heteroatoms. The van der Waals surface area contributed by atoms with E-state index in [1.54, 1.807) is 17.5 Å². The van der Waals surface area contributed by atoms with Crippen LogP contribution in [0.15, 0.2) is 58.9 Å². The van der Waals surface area contributed by atoms with Crippen LogP contribution in [0.2, 0.25) is 0 Å². The smallest absolute Gasteiger partial charge is 0.154 e. The summed E-state index contributed by atoms with van der Waals surface area (Å²) in [6, 6.07) is 14.0. The number of hydrogen-bond donors (Lipinski definition) is 0. The fourth-order valence-corrected chi connectivity index (χ4v) is 4.23. The predicted octanol–water partition coefficient (Wildman–Crippen LogP) is 4.01. The van der Waals surface area contributed by atoms with E-state index < -0.39 is 0 Å². The average molecular weight is 358 g/mol. The molecule has 5 rings (SSSR count). The van der Waals surface area contributed by atoms with Crippen LogP contribution in [-0.2, 0) is 0 Å². The van der Waals surface area contributed by atoms with Crippen LogP contribution in [0, 0.1) is 6.92 Å². The van der Waals surface area contributed by atoms with E-state index in [0.717, 1.165) is 50.3 Å². The van der Waals surface area contributed by atoms with Crippen LogP contribution in [0.1, 0.15) is 17.0 Å². The molecule has 0 amide bonds. The first-order valence-corrected chi connectivity index (χ1v) is 9.08. The lowest BCUT2D eigenvalue weighted by molar-refractivity contribution is 0.940. The van der Waals surface area contributed by atoms with Gasteiger partial charge in [0.2, 0.25) is 0 Å². The third-order valence-corrected chi connectivity index (χ3v) is 5.36. The molecule has 126 valence electrons. The van der Waals surface area contributed by atoms with E-state index in [1.807, 2.05) is 48.0 Å². The van der Waals surface area contributed by atoms with Gasteiger partial charge in [0.05, 0.1) is 22.0 Å². The Bertz CT molecular complexity index is 1170. The maximum absolute atomic E-state index is 4.96. The quantitative estimate of drug-likeness (QED) is 0.556. The highest BCUT2D eigenvalue weighted by atomic mass is 32.1. The van der Waals surface area contributed by atoms with Gasteiger partial charge in [-0.05, 0) is 19.1 Å². The maximum Gasteiger partial charge on any atom is 0.154 e. The van der Waals surface area contributed by atoms with Crippen LogP contribution in [0.25, 0.3) is 27.6 Å². The zero-order valence-electron chi connectivity index (χ0n) is 14.0. The zero-order valence-corrected chi connectivity index (χ0v) is 14.8. The summed E-state index contributed by atoms with van der Waals surface area (Å²) >= 11 is 1.62. The minimum Gasteiger partial charge on any atom is -0.234 e. The lowest BCUT2D eigenvalue weighted by atomic mass is 10.1. The van der Waals surface area contributed by atoms with Crippen LogP contribution >= 0.6 is 11.3 Å². The first kappa shape index (κ1) is 15.1. The number of nitrogens with zero attached hydrogens (tertiary/aromatic N) is 6. The van der Waals surface area contributed by atoms with Crippen molar-refractivity contribution in [3.8, 4) is 22.0 Å². The molecule has 0 bridgehead atoms. The summed E-state index contributed by atoms with van der Waals surface area (Å²) in [6.07, 6.45) is 4.31. The van der Waals surface area contributed by atoms with Gasteiger partial charge < -0.3 is 0 Å². The first-order chi connectivity index (χ1) is 12.8. The second kappa shape index (κ2) is 5.96. The highest BCUT2D eigenvalue weighted by Gasteiger charge is 2.23. The van der Waals surface area contributed by atoms with Gasteiger partial charge in [0, 0.05) is 24.4 Å². The van der Waals surface area contributed by atoms with Gasteiger partial charge in [-0.2, -0.15) is 15.3 Å². The van der Waals surface area contributed by atoms with E-state index in [0.29, 0.717) is 0 Å². The number of rotatable bonds is 3. The Balaban J connectivity index is 1.75. The molecule has 0 unspecified atom stereocenters. The second-order valence-electron chi connectivity index (χ2n) is 5.95. The van der Waals surface area contributed by atoms with Crippen LogP contribution in [0.5, 0.6) is 0 Å². The highest BCUT2D eigenvalue weighted by molar-refractivity contribution is 7.17. The van der Waals surface area contributed by atoms with Crippen LogP contribution in [-0.4, -0.2) is 31.5 Å². The molecule has 0 radical (unpaired) electrons. The Hall–Kier alpha value is -3.19. The number of benzene rings is 1. The molecule has 4 aromatic rings. The molecule has 0 atom stereocenters. The molecule has 0 saturated carbocycles. The average Bonchev–Trinajstić information content (AvgIpc) is 3.39. The van der Waals surface area contributed by atoms with E-state index in [1.165, 1.54) is 0 Å². The normalized spacial score (nSPS) is 13.5. The van der Waals surface area contributed by atoms with Gasteiger partial charge in [-0.15, -0.1) is 11.3 Å². The molecular formula is C19H14N6S. The summed E-state index contributed by atoms with van der Waals surface area (Å²) in [5.41, 5.74) is 5.60. The Labute approximate surface area is 153 Å². The second-order valence-corrected chi connectivity index (χ2v) is 6.95. The van der Waals surface area contributed by atoms with Gasteiger partial charge in [0.15, 0.2) is 5.65 Å². The van der Waals surface area contributed by atoms with Crippen molar-refractivity contribution >= 4 is 28.9 Å². The molecule has 0 spiro atoms. The van der Waals surface area contributed by atoms with Crippen LogP contribution in [0.4, 0.5) is 0 Å². The van der Waals surface area contributed by atoms with E-state index in [9.17, 15) is 0 Å². The van der Waals surface area contributed by atoms with Gasteiger partial charge in [0.25, 0.3) is 0 Å². The summed E-state index contributed by atoms with van der Waals surface area (Å²) in [4.78, 5) is 10.6. The van der Waals surface area contributed by atoms with Crippen LogP contribution < -0.4 is 0 Å². The SMILES string of the molecule is Cc1nc2cccnn2c1-c1nc(-c2ccccc2)c(C2=NN=CC2)s1. The monoisotopic (exact) mass is 358 g/mol. The Morgan fingerprint density at radius 3 is 2.73 bits per heavy atom. The van der Waals surface area contributed by atoms with Crippen molar-refractivity contribution < 1.29 is 0 Å². The minimum absolute atomic E-state index is 0.728. The van der Waals surface area contributed by atoms with Crippen molar-refractivity contribution in [1.82, 2.24) is 19.6 Å². The van der Waals surface area contributed by atoms with Crippen molar-refractivity contribution in [2.75, 3.05) is 0 Å². The fourth-order valence-electron chi connectivity index (χ4n) is 3.07. The van der Waals surface area contributed by atoms with Gasteiger partial charge in [-0.3, -0.25) is 0 Å². The Morgan fingerprint density at radius 1 is 1.04 bits per heavy atom. The number of fused-ring (bicyclic) bond motifs is 1.